The third kappa shape index (κ3) is 2.90. The molecule has 0 fully saturated rings. The van der Waals surface area contributed by atoms with Gasteiger partial charge in [-0.2, -0.15) is 0 Å². The minimum atomic E-state index is -0.994. The van der Waals surface area contributed by atoms with Gasteiger partial charge in [-0.15, -0.1) is 0 Å². The number of methoxy groups -OCH3 is 1. The summed E-state index contributed by atoms with van der Waals surface area (Å²) < 4.78 is 5.60. The number of carbonyl (C=O) groups excluding carboxylic acids is 1. The maximum absolute atomic E-state index is 12.0. The van der Waals surface area contributed by atoms with Gasteiger partial charge in [0.05, 0.1) is 18.9 Å². The van der Waals surface area contributed by atoms with Crippen molar-refractivity contribution in [3.05, 3.63) is 40.6 Å². The number of rotatable bonds is 3. The molecule has 0 amide bonds. The molecule has 0 saturated carbocycles. The van der Waals surface area contributed by atoms with Gasteiger partial charge >= 0.3 is 11.9 Å². The third-order valence-corrected chi connectivity index (χ3v) is 3.91. The Hall–Kier alpha value is -1.69. The first kappa shape index (κ1) is 14.7. The maximum Gasteiger partial charge on any atom is 0.310 e. The fourth-order valence-corrected chi connectivity index (χ4v) is 2.69. The molecule has 5 nitrogen and oxygen atoms in total. The highest BCUT2D eigenvalue weighted by molar-refractivity contribution is 9.10. The van der Waals surface area contributed by atoms with Gasteiger partial charge in [0.2, 0.25) is 0 Å². The van der Waals surface area contributed by atoms with Gasteiger partial charge in [0, 0.05) is 22.3 Å². The largest absolute Gasteiger partial charge is 0.481 e. The van der Waals surface area contributed by atoms with E-state index < -0.39 is 23.8 Å². The van der Waals surface area contributed by atoms with Crippen molar-refractivity contribution >= 4 is 27.9 Å². The molecule has 2 rings (SSSR count). The van der Waals surface area contributed by atoms with Crippen LogP contribution in [0.3, 0.4) is 0 Å². The lowest BCUT2D eigenvalue weighted by Gasteiger charge is -2.30. The van der Waals surface area contributed by atoms with Crippen LogP contribution in [0, 0.1) is 11.8 Å². The van der Waals surface area contributed by atoms with Gasteiger partial charge in [-0.3, -0.25) is 14.6 Å². The predicted molar refractivity (Wildman–Crippen MR) is 75.1 cm³/mol. The number of esters is 1. The Kier molecular flexibility index (Phi) is 4.54. The zero-order chi connectivity index (χ0) is 14.7. The molecule has 1 aromatic rings. The number of carboxylic acids is 1. The van der Waals surface area contributed by atoms with Crippen LogP contribution in [0.5, 0.6) is 0 Å². The molecule has 6 heteroatoms. The summed E-state index contributed by atoms with van der Waals surface area (Å²) in [6.45, 7) is 0. The number of hydrogen-bond acceptors (Lipinski definition) is 4. The monoisotopic (exact) mass is 339 g/mol. The van der Waals surface area contributed by atoms with Crippen molar-refractivity contribution in [3.8, 4) is 0 Å². The Labute approximate surface area is 124 Å². The first-order chi connectivity index (χ1) is 9.54. The maximum atomic E-state index is 12.0. The summed E-state index contributed by atoms with van der Waals surface area (Å²) in [6, 6.07) is 3.59. The van der Waals surface area contributed by atoms with Crippen LogP contribution < -0.4 is 0 Å². The van der Waals surface area contributed by atoms with Gasteiger partial charge in [-0.05, 0) is 34.5 Å². The van der Waals surface area contributed by atoms with Gasteiger partial charge in [0.15, 0.2) is 0 Å². The first-order valence-corrected chi connectivity index (χ1v) is 6.92. The van der Waals surface area contributed by atoms with Crippen LogP contribution in [-0.4, -0.2) is 29.1 Å². The average molecular weight is 340 g/mol. The van der Waals surface area contributed by atoms with E-state index in [1.165, 1.54) is 7.11 Å². The number of aliphatic carboxylic acids is 1. The fraction of sp³-hybridized carbons (Fsp3) is 0.357. The predicted octanol–water partition coefficient (Wildman–Crippen LogP) is 2.38. The lowest BCUT2D eigenvalue weighted by Crippen LogP contribution is -2.36. The molecule has 106 valence electrons. The SMILES string of the molecule is COC(=O)[C@@H]1[C@@H](C(=O)O)CC=C[C@@H]1c1ccc(Br)cn1. The Morgan fingerprint density at radius 3 is 2.75 bits per heavy atom. The van der Waals surface area contributed by atoms with Crippen molar-refractivity contribution < 1.29 is 19.4 Å². The van der Waals surface area contributed by atoms with Gasteiger partial charge in [0.1, 0.15) is 0 Å². The summed E-state index contributed by atoms with van der Waals surface area (Å²) in [5.74, 6) is -3.44. The zero-order valence-electron chi connectivity index (χ0n) is 10.8. The highest BCUT2D eigenvalue weighted by Crippen LogP contribution is 2.37. The molecule has 3 atom stereocenters. The van der Waals surface area contributed by atoms with E-state index in [-0.39, 0.29) is 5.92 Å². The van der Waals surface area contributed by atoms with E-state index in [0.29, 0.717) is 12.1 Å². The molecule has 0 aromatic carbocycles. The Balaban J connectivity index is 2.40. The molecular formula is C14H14BrNO4. The summed E-state index contributed by atoms with van der Waals surface area (Å²) in [4.78, 5) is 27.6. The molecular weight excluding hydrogens is 326 g/mol. The van der Waals surface area contributed by atoms with Crippen LogP contribution in [0.4, 0.5) is 0 Å². The molecule has 1 heterocycles. The first-order valence-electron chi connectivity index (χ1n) is 6.13. The number of ether oxygens (including phenoxy) is 1. The van der Waals surface area contributed by atoms with Crippen LogP contribution >= 0.6 is 15.9 Å². The minimum Gasteiger partial charge on any atom is -0.481 e. The van der Waals surface area contributed by atoms with E-state index in [4.69, 9.17) is 4.74 Å². The molecule has 1 aromatic heterocycles. The zero-order valence-corrected chi connectivity index (χ0v) is 12.4. The van der Waals surface area contributed by atoms with E-state index in [0.717, 1.165) is 4.47 Å². The average Bonchev–Trinajstić information content (AvgIpc) is 2.46. The molecule has 0 bridgehead atoms. The summed E-state index contributed by atoms with van der Waals surface area (Å²) in [7, 11) is 1.27. The standard InChI is InChI=1S/C14H14BrNO4/c1-20-14(19)12-9(3-2-4-10(12)13(17)18)11-6-5-8(15)7-16-11/h2-3,5-7,9-10,12H,4H2,1H3,(H,17,18)/t9-,10+,12+/m1/s1. The van der Waals surface area contributed by atoms with Crippen LogP contribution in [0.25, 0.3) is 0 Å². The van der Waals surface area contributed by atoms with Gasteiger partial charge < -0.3 is 9.84 Å². The van der Waals surface area contributed by atoms with Crippen molar-refractivity contribution in [3.63, 3.8) is 0 Å². The summed E-state index contributed by atoms with van der Waals surface area (Å²) in [5, 5.41) is 9.29. The number of hydrogen-bond donors (Lipinski definition) is 1. The molecule has 0 spiro atoms. The second-order valence-corrected chi connectivity index (χ2v) is 5.50. The van der Waals surface area contributed by atoms with E-state index in [1.54, 1.807) is 18.3 Å². The van der Waals surface area contributed by atoms with E-state index in [1.807, 2.05) is 12.1 Å². The van der Waals surface area contributed by atoms with Crippen molar-refractivity contribution in [1.29, 1.82) is 0 Å². The summed E-state index contributed by atoms with van der Waals surface area (Å²) in [5.41, 5.74) is 0.658. The van der Waals surface area contributed by atoms with Crippen LogP contribution in [0.2, 0.25) is 0 Å². The lowest BCUT2D eigenvalue weighted by atomic mass is 9.74. The molecule has 0 aliphatic heterocycles. The van der Waals surface area contributed by atoms with Crippen LogP contribution in [-0.2, 0) is 14.3 Å². The smallest absolute Gasteiger partial charge is 0.310 e. The Bertz CT molecular complexity index is 541. The number of nitrogens with zero attached hydrogens (tertiary/aromatic N) is 1. The van der Waals surface area contributed by atoms with E-state index in [2.05, 4.69) is 20.9 Å². The van der Waals surface area contributed by atoms with E-state index in [9.17, 15) is 14.7 Å². The molecule has 0 radical (unpaired) electrons. The number of pyridine rings is 1. The second-order valence-electron chi connectivity index (χ2n) is 4.58. The van der Waals surface area contributed by atoms with Crippen molar-refractivity contribution in [2.75, 3.05) is 7.11 Å². The molecule has 20 heavy (non-hydrogen) atoms. The van der Waals surface area contributed by atoms with Crippen molar-refractivity contribution in [2.24, 2.45) is 11.8 Å². The normalized spacial score (nSPS) is 25.2. The van der Waals surface area contributed by atoms with Crippen LogP contribution in [0.15, 0.2) is 35.0 Å². The van der Waals surface area contributed by atoms with Gasteiger partial charge in [0.25, 0.3) is 0 Å². The summed E-state index contributed by atoms with van der Waals surface area (Å²) >= 11 is 3.30. The molecule has 0 saturated heterocycles. The quantitative estimate of drug-likeness (QED) is 0.675. The molecule has 1 aliphatic carbocycles. The number of carbonyl (C=O) groups is 2. The highest BCUT2D eigenvalue weighted by Gasteiger charge is 2.42. The third-order valence-electron chi connectivity index (χ3n) is 3.44. The fourth-order valence-electron chi connectivity index (χ4n) is 2.46. The molecule has 1 aliphatic rings. The Morgan fingerprint density at radius 2 is 2.20 bits per heavy atom. The molecule has 1 N–H and O–H groups in total. The summed E-state index contributed by atoms with van der Waals surface area (Å²) in [6.07, 6.45) is 5.56. The van der Waals surface area contributed by atoms with Gasteiger partial charge in [-0.25, -0.2) is 0 Å². The number of allylic oxidation sites excluding steroid dienone is 2. The number of aromatic nitrogens is 1. The van der Waals surface area contributed by atoms with E-state index >= 15 is 0 Å². The Morgan fingerprint density at radius 1 is 1.45 bits per heavy atom. The minimum absolute atomic E-state index is 0.322. The van der Waals surface area contributed by atoms with Crippen molar-refractivity contribution in [2.45, 2.75) is 12.3 Å². The van der Waals surface area contributed by atoms with Crippen LogP contribution in [0.1, 0.15) is 18.0 Å². The number of carboxylic acid groups (broad SMARTS) is 1. The lowest BCUT2D eigenvalue weighted by molar-refractivity contribution is -0.156. The molecule has 0 unspecified atom stereocenters. The second kappa shape index (κ2) is 6.17. The van der Waals surface area contributed by atoms with Gasteiger partial charge in [-0.1, -0.05) is 12.2 Å². The highest BCUT2D eigenvalue weighted by atomic mass is 79.9. The topological polar surface area (TPSA) is 76.5 Å². The van der Waals surface area contributed by atoms with Crippen molar-refractivity contribution in [1.82, 2.24) is 4.98 Å². The number of halogens is 1.